The number of nitrogens with zero attached hydrogens (tertiary/aromatic N) is 1. The molecule has 1 aliphatic heterocycles. The Kier molecular flexibility index (Phi) is 3.65. The second-order valence-electron chi connectivity index (χ2n) is 7.61. The summed E-state index contributed by atoms with van der Waals surface area (Å²) in [6.45, 7) is 4.84. The number of carbonyl (C=O) groups excluding carboxylic acids is 1. The van der Waals surface area contributed by atoms with E-state index in [1.165, 1.54) is 11.1 Å². The molecule has 0 spiro atoms. The quantitative estimate of drug-likeness (QED) is 0.625. The van der Waals surface area contributed by atoms with Gasteiger partial charge in [0.25, 0.3) is 0 Å². The van der Waals surface area contributed by atoms with E-state index in [1.807, 2.05) is 21.0 Å². The van der Waals surface area contributed by atoms with E-state index in [0.29, 0.717) is 0 Å². The van der Waals surface area contributed by atoms with Crippen LogP contribution in [-0.4, -0.2) is 48.3 Å². The van der Waals surface area contributed by atoms with Gasteiger partial charge in [-0.3, -0.25) is 4.79 Å². The van der Waals surface area contributed by atoms with Gasteiger partial charge in [0.05, 0.1) is 11.5 Å². The van der Waals surface area contributed by atoms with Crippen LogP contribution in [0.1, 0.15) is 39.5 Å². The van der Waals surface area contributed by atoms with Crippen LogP contribution in [0, 0.1) is 17.8 Å². The lowest BCUT2D eigenvalue weighted by atomic mass is 9.77. The van der Waals surface area contributed by atoms with Gasteiger partial charge < -0.3 is 14.7 Å². The van der Waals surface area contributed by atoms with Gasteiger partial charge in [0.1, 0.15) is 6.10 Å². The zero-order chi connectivity index (χ0) is 15.4. The molecule has 1 saturated heterocycles. The zero-order valence-corrected chi connectivity index (χ0v) is 13.6. The van der Waals surface area contributed by atoms with Crippen molar-refractivity contribution in [1.82, 2.24) is 4.90 Å². The number of fused-ring (bicyclic) bond motifs is 3. The zero-order valence-electron chi connectivity index (χ0n) is 13.6. The minimum atomic E-state index is -0.739. The molecule has 0 amide bonds. The molecule has 118 valence electrons. The Balaban J connectivity index is 1.95. The largest absolute Gasteiger partial charge is 0.461 e. The first-order chi connectivity index (χ1) is 9.81. The summed E-state index contributed by atoms with van der Waals surface area (Å²) in [5.41, 5.74) is 2.02. The van der Waals surface area contributed by atoms with Gasteiger partial charge in [0, 0.05) is 18.4 Å². The van der Waals surface area contributed by atoms with Crippen LogP contribution in [0.2, 0.25) is 0 Å². The molecule has 1 saturated carbocycles. The van der Waals surface area contributed by atoms with E-state index in [-0.39, 0.29) is 29.8 Å². The third-order valence-corrected chi connectivity index (χ3v) is 5.73. The average Bonchev–Trinajstić information content (AvgIpc) is 2.79. The molecule has 2 aliphatic carbocycles. The van der Waals surface area contributed by atoms with Gasteiger partial charge in [0.15, 0.2) is 0 Å². The van der Waals surface area contributed by atoms with Gasteiger partial charge in [-0.1, -0.05) is 11.1 Å². The van der Waals surface area contributed by atoms with E-state index in [1.54, 1.807) is 0 Å². The fraction of sp³-hybridized carbons (Fsp3) is 0.824. The molecule has 5 atom stereocenters. The monoisotopic (exact) mass is 293 g/mol. The lowest BCUT2D eigenvalue weighted by Gasteiger charge is -2.33. The summed E-state index contributed by atoms with van der Waals surface area (Å²) in [5, 5.41) is 10.8. The summed E-state index contributed by atoms with van der Waals surface area (Å²) >= 11 is 0. The van der Waals surface area contributed by atoms with Crippen LogP contribution >= 0.6 is 0 Å². The highest BCUT2D eigenvalue weighted by Gasteiger charge is 2.56. The van der Waals surface area contributed by atoms with Gasteiger partial charge in [-0.15, -0.1) is 0 Å². The predicted octanol–water partition coefficient (Wildman–Crippen LogP) is 1.98. The second kappa shape index (κ2) is 5.10. The van der Waals surface area contributed by atoms with Crippen molar-refractivity contribution in [2.24, 2.45) is 17.8 Å². The van der Waals surface area contributed by atoms with Crippen LogP contribution in [0.25, 0.3) is 0 Å². The van der Waals surface area contributed by atoms with Gasteiger partial charge in [-0.05, 0) is 53.6 Å². The maximum atomic E-state index is 12.3. The van der Waals surface area contributed by atoms with Gasteiger partial charge in [0.2, 0.25) is 0 Å². The van der Waals surface area contributed by atoms with Crippen LogP contribution < -0.4 is 0 Å². The fourth-order valence-electron chi connectivity index (χ4n) is 4.65. The van der Waals surface area contributed by atoms with Gasteiger partial charge in [-0.2, -0.15) is 0 Å². The van der Waals surface area contributed by atoms with E-state index in [2.05, 4.69) is 11.8 Å². The molecule has 21 heavy (non-hydrogen) atoms. The molecule has 0 aromatic rings. The molecule has 4 heteroatoms. The molecule has 0 radical (unpaired) electrons. The molecule has 2 fully saturated rings. The van der Waals surface area contributed by atoms with Crippen molar-refractivity contribution in [3.05, 3.63) is 11.1 Å². The first kappa shape index (κ1) is 15.0. The molecular formula is C17H27NO3. The van der Waals surface area contributed by atoms with E-state index >= 15 is 0 Å². The minimum Gasteiger partial charge on any atom is -0.461 e. The molecule has 3 rings (SSSR count). The maximum absolute atomic E-state index is 12.3. The normalized spacial score (nSPS) is 42.9. The number of aliphatic hydroxyl groups is 1. The number of carbonyl (C=O) groups is 1. The Bertz CT molecular complexity index is 480. The number of ether oxygens (including phenoxy) is 1. The standard InChI is InChI=1S/C17H27NO3/c1-10-5-6-12-13(9-18(3)4)16(19)21-15(12)14-11(10)7-8-17(14,2)20/h12-15,20H,5-9H2,1-4H3/t12-,13-,14-,15-,17+/m0/s1. The molecular weight excluding hydrogens is 266 g/mol. The topological polar surface area (TPSA) is 49.8 Å². The lowest BCUT2D eigenvalue weighted by Crippen LogP contribution is -2.41. The van der Waals surface area contributed by atoms with Crippen LogP contribution in [-0.2, 0) is 9.53 Å². The van der Waals surface area contributed by atoms with E-state index in [0.717, 1.165) is 32.2 Å². The number of allylic oxidation sites excluding steroid dienone is 1. The van der Waals surface area contributed by atoms with Crippen LogP contribution in [0.4, 0.5) is 0 Å². The Labute approximate surface area is 127 Å². The number of hydrogen-bond donors (Lipinski definition) is 1. The predicted molar refractivity (Wildman–Crippen MR) is 80.7 cm³/mol. The van der Waals surface area contributed by atoms with Crippen molar-refractivity contribution in [1.29, 1.82) is 0 Å². The first-order valence-electron chi connectivity index (χ1n) is 8.07. The number of hydrogen-bond acceptors (Lipinski definition) is 4. The summed E-state index contributed by atoms with van der Waals surface area (Å²) in [7, 11) is 4.00. The third-order valence-electron chi connectivity index (χ3n) is 5.73. The first-order valence-corrected chi connectivity index (χ1v) is 8.07. The Morgan fingerprint density at radius 2 is 2.10 bits per heavy atom. The van der Waals surface area contributed by atoms with Crippen molar-refractivity contribution >= 4 is 5.97 Å². The van der Waals surface area contributed by atoms with E-state index in [4.69, 9.17) is 4.74 Å². The fourth-order valence-corrected chi connectivity index (χ4v) is 4.65. The number of rotatable bonds is 2. The van der Waals surface area contributed by atoms with Crippen molar-refractivity contribution in [3.63, 3.8) is 0 Å². The highest BCUT2D eigenvalue weighted by Crippen LogP contribution is 2.52. The van der Waals surface area contributed by atoms with Crippen molar-refractivity contribution < 1.29 is 14.6 Å². The summed E-state index contributed by atoms with van der Waals surface area (Å²) in [5.74, 6) is 0.122. The van der Waals surface area contributed by atoms with Crippen molar-refractivity contribution in [2.45, 2.75) is 51.2 Å². The van der Waals surface area contributed by atoms with Gasteiger partial charge >= 0.3 is 5.97 Å². The Morgan fingerprint density at radius 1 is 1.38 bits per heavy atom. The smallest absolute Gasteiger partial charge is 0.310 e. The Morgan fingerprint density at radius 3 is 2.76 bits per heavy atom. The molecule has 1 heterocycles. The third kappa shape index (κ3) is 2.42. The lowest BCUT2D eigenvalue weighted by molar-refractivity contribution is -0.148. The van der Waals surface area contributed by atoms with Crippen molar-refractivity contribution in [2.75, 3.05) is 20.6 Å². The molecule has 1 N–H and O–H groups in total. The summed E-state index contributed by atoms with van der Waals surface area (Å²) in [6, 6.07) is 0. The van der Waals surface area contributed by atoms with Crippen LogP contribution in [0.5, 0.6) is 0 Å². The van der Waals surface area contributed by atoms with E-state index in [9.17, 15) is 9.90 Å². The second-order valence-corrected chi connectivity index (χ2v) is 7.61. The average molecular weight is 293 g/mol. The minimum absolute atomic E-state index is 0.00103. The molecule has 0 bridgehead atoms. The molecule has 0 aromatic heterocycles. The van der Waals surface area contributed by atoms with E-state index < -0.39 is 5.60 Å². The van der Waals surface area contributed by atoms with Crippen LogP contribution in [0.3, 0.4) is 0 Å². The molecule has 0 unspecified atom stereocenters. The SMILES string of the molecule is CC1=C2CC[C@@](C)(O)[C@@H]2[C@H]2OC(=O)[C@@H](CN(C)C)[C@@H]2CC1. The molecule has 4 nitrogen and oxygen atoms in total. The molecule has 3 aliphatic rings. The van der Waals surface area contributed by atoms with Gasteiger partial charge in [-0.25, -0.2) is 0 Å². The summed E-state index contributed by atoms with van der Waals surface area (Å²) < 4.78 is 5.80. The summed E-state index contributed by atoms with van der Waals surface area (Å²) in [6.07, 6.45) is 3.62. The maximum Gasteiger partial charge on any atom is 0.310 e. The number of esters is 1. The highest BCUT2D eigenvalue weighted by molar-refractivity contribution is 5.76. The highest BCUT2D eigenvalue weighted by atomic mass is 16.6. The van der Waals surface area contributed by atoms with Crippen LogP contribution in [0.15, 0.2) is 11.1 Å². The Hall–Kier alpha value is -0.870. The summed E-state index contributed by atoms with van der Waals surface area (Å²) in [4.78, 5) is 14.4. The molecule has 0 aromatic carbocycles. The van der Waals surface area contributed by atoms with Crippen molar-refractivity contribution in [3.8, 4) is 0 Å².